The van der Waals surface area contributed by atoms with E-state index in [-0.39, 0.29) is 38.0 Å². The van der Waals surface area contributed by atoms with Gasteiger partial charge in [-0.25, -0.2) is 9.78 Å². The number of ether oxygens (including phenoxy) is 2. The highest BCUT2D eigenvalue weighted by molar-refractivity contribution is 6.30. The third-order valence-electron chi connectivity index (χ3n) is 10.5. The van der Waals surface area contributed by atoms with Crippen molar-refractivity contribution < 1.29 is 33.1 Å². The number of hydrogen-bond donors (Lipinski definition) is 3. The van der Waals surface area contributed by atoms with Gasteiger partial charge in [-0.2, -0.15) is 0 Å². The Morgan fingerprint density at radius 2 is 1.65 bits per heavy atom. The lowest BCUT2D eigenvalue weighted by Crippen LogP contribution is -2.55. The molecule has 12 nitrogen and oxygen atoms in total. The molecule has 0 spiro atoms. The monoisotopic (exact) mass is 797 g/mol. The quantitative estimate of drug-likeness (QED) is 0.0688. The van der Waals surface area contributed by atoms with Gasteiger partial charge in [0.2, 0.25) is 17.6 Å². The van der Waals surface area contributed by atoms with Gasteiger partial charge >= 0.3 is 6.09 Å². The van der Waals surface area contributed by atoms with E-state index in [0.717, 1.165) is 56.1 Å². The second-order valence-electron chi connectivity index (χ2n) is 14.8. The number of Topliss-reactive ketones (excluding diaryl/α,β-unsaturated/α-hetero) is 1. The van der Waals surface area contributed by atoms with E-state index in [1.165, 1.54) is 4.90 Å². The fraction of sp³-hybridized carbons (Fsp3) is 0.432. The largest absolute Gasteiger partial charge is 0.446 e. The van der Waals surface area contributed by atoms with Crippen LogP contribution in [0.4, 0.5) is 4.79 Å². The van der Waals surface area contributed by atoms with Crippen molar-refractivity contribution in [3.8, 4) is 0 Å². The maximum atomic E-state index is 14.6. The van der Waals surface area contributed by atoms with E-state index in [0.29, 0.717) is 35.5 Å². The number of aromatic nitrogens is 1. The maximum absolute atomic E-state index is 14.6. The SMILES string of the molecule is NCCCCCC(NC(=O)C1C[C@@H](OCc2ccc(Cl)cc2)CN1C(=O)C(C/C=C/c1ccccc1)NC(=O)OC1CCCCC1)C(=O)c1nc2ccccc2o1. The zero-order chi connectivity index (χ0) is 40.0. The number of likely N-dealkylation sites (tertiary alicyclic amines) is 1. The number of benzene rings is 3. The van der Waals surface area contributed by atoms with Crippen LogP contribution in [0.1, 0.15) is 92.4 Å². The second-order valence-corrected chi connectivity index (χ2v) is 15.2. The molecule has 57 heavy (non-hydrogen) atoms. The molecular formula is C44H52ClN5O7. The van der Waals surface area contributed by atoms with Gasteiger partial charge in [-0.15, -0.1) is 0 Å². The van der Waals surface area contributed by atoms with Crippen molar-refractivity contribution >= 4 is 52.5 Å². The number of carbonyl (C=O) groups is 4. The Balaban J connectivity index is 1.24. The molecule has 1 aliphatic carbocycles. The van der Waals surface area contributed by atoms with Gasteiger partial charge in [-0.1, -0.05) is 97.6 Å². The molecule has 3 unspecified atom stereocenters. The van der Waals surface area contributed by atoms with Crippen molar-refractivity contribution in [2.75, 3.05) is 13.1 Å². The summed E-state index contributed by atoms with van der Waals surface area (Å²) in [6.07, 6.45) is 9.69. The van der Waals surface area contributed by atoms with Crippen molar-refractivity contribution in [2.45, 2.75) is 108 Å². The van der Waals surface area contributed by atoms with Gasteiger partial charge in [-0.3, -0.25) is 14.4 Å². The lowest BCUT2D eigenvalue weighted by molar-refractivity contribution is -0.140. The molecule has 13 heteroatoms. The Morgan fingerprint density at radius 1 is 0.895 bits per heavy atom. The average Bonchev–Trinajstić information content (AvgIpc) is 3.87. The van der Waals surface area contributed by atoms with Crippen LogP contribution in [0.5, 0.6) is 0 Å². The number of oxazole rings is 1. The van der Waals surface area contributed by atoms with Crippen LogP contribution >= 0.6 is 11.6 Å². The molecule has 3 aromatic carbocycles. The molecule has 4 aromatic rings. The predicted molar refractivity (Wildman–Crippen MR) is 218 cm³/mol. The van der Waals surface area contributed by atoms with Crippen molar-refractivity contribution in [3.63, 3.8) is 0 Å². The summed E-state index contributed by atoms with van der Waals surface area (Å²) < 4.78 is 17.9. The predicted octanol–water partition coefficient (Wildman–Crippen LogP) is 7.39. The number of amides is 3. The molecule has 6 rings (SSSR count). The number of ketones is 1. The third-order valence-corrected chi connectivity index (χ3v) is 10.7. The summed E-state index contributed by atoms with van der Waals surface area (Å²) in [6, 6.07) is 20.9. The molecule has 4 atom stereocenters. The lowest BCUT2D eigenvalue weighted by atomic mass is 9.98. The summed E-state index contributed by atoms with van der Waals surface area (Å²) in [6.45, 7) is 0.826. The van der Waals surface area contributed by atoms with Gasteiger partial charge in [0.05, 0.1) is 18.8 Å². The number of rotatable bonds is 18. The van der Waals surface area contributed by atoms with Crippen LogP contribution in [0.3, 0.4) is 0 Å². The number of unbranched alkanes of at least 4 members (excludes halogenated alkanes) is 2. The van der Waals surface area contributed by atoms with Crippen LogP contribution in [0.2, 0.25) is 5.02 Å². The molecule has 1 saturated carbocycles. The molecule has 1 aromatic heterocycles. The van der Waals surface area contributed by atoms with Gasteiger partial charge in [0, 0.05) is 18.0 Å². The smallest absolute Gasteiger partial charge is 0.408 e. The van der Waals surface area contributed by atoms with E-state index in [1.54, 1.807) is 36.4 Å². The van der Waals surface area contributed by atoms with Crippen LogP contribution in [0.25, 0.3) is 17.2 Å². The van der Waals surface area contributed by atoms with Crippen LogP contribution in [0.15, 0.2) is 89.4 Å². The molecule has 4 N–H and O–H groups in total. The normalized spacial score (nSPS) is 18.4. The first kappa shape index (κ1) is 41.6. The van der Waals surface area contributed by atoms with Crippen molar-refractivity contribution in [1.82, 2.24) is 20.5 Å². The van der Waals surface area contributed by atoms with Gasteiger partial charge in [0.1, 0.15) is 23.7 Å². The zero-order valence-electron chi connectivity index (χ0n) is 32.2. The topological polar surface area (TPSA) is 166 Å². The molecule has 0 radical (unpaired) electrons. The first-order valence-electron chi connectivity index (χ1n) is 20.0. The highest BCUT2D eigenvalue weighted by Gasteiger charge is 2.43. The van der Waals surface area contributed by atoms with E-state index in [2.05, 4.69) is 15.6 Å². The molecule has 1 saturated heterocycles. The molecular weight excluding hydrogens is 746 g/mol. The Kier molecular flexibility index (Phi) is 15.3. The summed E-state index contributed by atoms with van der Waals surface area (Å²) in [5.74, 6) is -1.54. The summed E-state index contributed by atoms with van der Waals surface area (Å²) in [5, 5.41) is 6.37. The number of halogens is 1. The summed E-state index contributed by atoms with van der Waals surface area (Å²) in [4.78, 5) is 62.1. The Morgan fingerprint density at radius 3 is 2.40 bits per heavy atom. The third kappa shape index (κ3) is 12.0. The minimum atomic E-state index is -1.04. The fourth-order valence-corrected chi connectivity index (χ4v) is 7.50. The zero-order valence-corrected chi connectivity index (χ0v) is 32.9. The molecule has 2 aliphatic rings. The van der Waals surface area contributed by atoms with Gasteiger partial charge in [-0.05, 0) is 86.9 Å². The summed E-state index contributed by atoms with van der Waals surface area (Å²) in [7, 11) is 0. The number of hydrogen-bond acceptors (Lipinski definition) is 9. The van der Waals surface area contributed by atoms with E-state index in [1.807, 2.05) is 54.6 Å². The number of carbonyl (C=O) groups excluding carboxylic acids is 4. The number of nitrogens with two attached hydrogens (primary N) is 1. The lowest BCUT2D eigenvalue weighted by Gasteiger charge is -2.29. The standard InChI is InChI=1S/C44H52ClN5O7/c45-32-24-22-31(23-25-32)29-55-34-27-38(41(52)47-36(19-8-3-11-26-46)40(51)42-48-35-18-9-10-21-39(35)57-42)50(28-34)43(53)37(20-12-15-30-13-4-1-5-14-30)49-44(54)56-33-16-6-2-7-17-33/h1,4-5,9-10,12-15,18,21-25,33-34,36-38H,2-3,6-8,11,16-17,19-20,26-29,46H2,(H,47,52)(H,49,54)/b15-12+/t34-,36?,37?,38?/m1/s1. The van der Waals surface area contributed by atoms with Crippen LogP contribution in [0, 0.1) is 0 Å². The summed E-state index contributed by atoms with van der Waals surface area (Å²) >= 11 is 6.10. The number of fused-ring (bicyclic) bond motifs is 1. The molecule has 1 aliphatic heterocycles. The second kappa shape index (κ2) is 20.9. The number of nitrogens with zero attached hydrogens (tertiary/aromatic N) is 2. The molecule has 3 amide bonds. The molecule has 2 fully saturated rings. The van der Waals surface area contributed by atoms with Gasteiger partial charge in [0.15, 0.2) is 5.58 Å². The van der Waals surface area contributed by atoms with Crippen molar-refractivity contribution in [3.05, 3.63) is 107 Å². The highest BCUT2D eigenvalue weighted by Crippen LogP contribution is 2.26. The summed E-state index contributed by atoms with van der Waals surface area (Å²) in [5.41, 5.74) is 8.54. The van der Waals surface area contributed by atoms with Crippen LogP contribution < -0.4 is 16.4 Å². The number of nitrogens with one attached hydrogen (secondary N) is 2. The van der Waals surface area contributed by atoms with E-state index < -0.39 is 47.9 Å². The first-order valence-corrected chi connectivity index (χ1v) is 20.4. The maximum Gasteiger partial charge on any atom is 0.408 e. The minimum absolute atomic E-state index is 0.0863. The van der Waals surface area contributed by atoms with Crippen LogP contribution in [-0.4, -0.2) is 77.0 Å². The van der Waals surface area contributed by atoms with Crippen molar-refractivity contribution in [2.24, 2.45) is 5.73 Å². The van der Waals surface area contributed by atoms with E-state index in [9.17, 15) is 19.2 Å². The molecule has 0 bridgehead atoms. The van der Waals surface area contributed by atoms with E-state index >= 15 is 0 Å². The van der Waals surface area contributed by atoms with Crippen LogP contribution in [-0.2, 0) is 25.7 Å². The Bertz CT molecular complexity index is 1930. The number of para-hydroxylation sites is 2. The van der Waals surface area contributed by atoms with Crippen molar-refractivity contribution in [1.29, 1.82) is 0 Å². The number of alkyl carbamates (subject to hydrolysis) is 1. The minimum Gasteiger partial charge on any atom is -0.446 e. The Hall–Kier alpha value is -5.04. The average molecular weight is 798 g/mol. The molecule has 302 valence electrons. The fourth-order valence-electron chi connectivity index (χ4n) is 7.37. The first-order chi connectivity index (χ1) is 27.8. The van der Waals surface area contributed by atoms with E-state index in [4.69, 9.17) is 31.2 Å². The van der Waals surface area contributed by atoms with Gasteiger partial charge in [0.25, 0.3) is 5.89 Å². The van der Waals surface area contributed by atoms with Gasteiger partial charge < -0.3 is 35.2 Å². The molecule has 2 heterocycles. The Labute approximate surface area is 338 Å². The highest BCUT2D eigenvalue weighted by atomic mass is 35.5.